The van der Waals surface area contributed by atoms with Crippen molar-refractivity contribution in [2.24, 2.45) is 5.92 Å². The van der Waals surface area contributed by atoms with Gasteiger partial charge in [0.05, 0.1) is 22.6 Å². The van der Waals surface area contributed by atoms with Gasteiger partial charge in [0.1, 0.15) is 11.6 Å². The van der Waals surface area contributed by atoms with Crippen molar-refractivity contribution in [1.29, 1.82) is 0 Å². The van der Waals surface area contributed by atoms with E-state index in [0.29, 0.717) is 40.4 Å². The van der Waals surface area contributed by atoms with Crippen molar-refractivity contribution in [3.63, 3.8) is 0 Å². The van der Waals surface area contributed by atoms with Crippen molar-refractivity contribution in [2.75, 3.05) is 6.54 Å². The third kappa shape index (κ3) is 5.02. The monoisotopic (exact) mass is 471 g/mol. The predicted molar refractivity (Wildman–Crippen MR) is 137 cm³/mol. The van der Waals surface area contributed by atoms with Crippen molar-refractivity contribution in [1.82, 2.24) is 14.5 Å². The van der Waals surface area contributed by atoms with Crippen LogP contribution in [0.4, 0.5) is 4.39 Å². The number of hydrogen-bond donors (Lipinski definition) is 0. The van der Waals surface area contributed by atoms with Gasteiger partial charge >= 0.3 is 0 Å². The van der Waals surface area contributed by atoms with E-state index in [1.165, 1.54) is 16.7 Å². The summed E-state index contributed by atoms with van der Waals surface area (Å²) in [6.45, 7) is 8.56. The number of hydrogen-bond acceptors (Lipinski definition) is 3. The number of aryl methyl sites for hydroxylation is 1. The quantitative estimate of drug-likeness (QED) is 0.328. The Balaban J connectivity index is 1.91. The molecule has 0 N–H and O–H groups in total. The lowest BCUT2D eigenvalue weighted by atomic mass is 10.0. The van der Waals surface area contributed by atoms with E-state index in [4.69, 9.17) is 4.98 Å². The average molecular weight is 472 g/mol. The van der Waals surface area contributed by atoms with Crippen LogP contribution in [0.3, 0.4) is 0 Å². The molecule has 3 aromatic carbocycles. The zero-order chi connectivity index (χ0) is 25.1. The van der Waals surface area contributed by atoms with E-state index in [1.54, 1.807) is 35.2 Å². The number of nitrogens with zero attached hydrogens (tertiary/aromatic N) is 3. The SMILES string of the molecule is Cc1ccccc1C(=O)N(CCC(C)C)C(C)c1nc2ccccc2c(=O)n1-c1ccc(F)cc1. The number of fused-ring (bicyclic) bond motifs is 1. The second-order valence-electron chi connectivity index (χ2n) is 9.28. The van der Waals surface area contributed by atoms with E-state index < -0.39 is 11.9 Å². The molecule has 1 aromatic heterocycles. The Morgan fingerprint density at radius 1 is 0.971 bits per heavy atom. The van der Waals surface area contributed by atoms with Gasteiger partial charge in [-0.1, -0.05) is 44.2 Å². The summed E-state index contributed by atoms with van der Waals surface area (Å²) in [5, 5.41) is 0.465. The molecule has 0 radical (unpaired) electrons. The van der Waals surface area contributed by atoms with Crippen LogP contribution in [0.25, 0.3) is 16.6 Å². The molecule has 1 amide bonds. The van der Waals surface area contributed by atoms with Gasteiger partial charge in [0.15, 0.2) is 0 Å². The molecule has 4 aromatic rings. The highest BCUT2D eigenvalue weighted by Gasteiger charge is 2.28. The standard InChI is InChI=1S/C29H30FN3O2/c1-19(2)17-18-32(28(34)24-10-6-5-9-20(24)3)21(4)27-31-26-12-8-7-11-25(26)29(35)33(27)23-15-13-22(30)14-16-23/h5-16,19,21H,17-18H2,1-4H3. The zero-order valence-electron chi connectivity index (χ0n) is 20.5. The maximum atomic E-state index is 13.8. The molecule has 0 fully saturated rings. The molecule has 0 aliphatic rings. The fraction of sp³-hybridized carbons (Fsp3) is 0.276. The van der Waals surface area contributed by atoms with Crippen LogP contribution >= 0.6 is 0 Å². The lowest BCUT2D eigenvalue weighted by Gasteiger charge is -2.31. The average Bonchev–Trinajstić information content (AvgIpc) is 2.84. The maximum Gasteiger partial charge on any atom is 0.266 e. The Morgan fingerprint density at radius 3 is 2.31 bits per heavy atom. The second-order valence-corrected chi connectivity index (χ2v) is 9.28. The number of aromatic nitrogens is 2. The first-order chi connectivity index (χ1) is 16.8. The first-order valence-electron chi connectivity index (χ1n) is 11.9. The topological polar surface area (TPSA) is 55.2 Å². The van der Waals surface area contributed by atoms with Crippen LogP contribution in [0.15, 0.2) is 77.6 Å². The molecule has 6 heteroatoms. The number of carbonyl (C=O) groups is 1. The van der Waals surface area contributed by atoms with E-state index >= 15 is 0 Å². The maximum absolute atomic E-state index is 13.8. The summed E-state index contributed by atoms with van der Waals surface area (Å²) in [6, 6.07) is 19.9. The molecule has 0 aliphatic heterocycles. The molecule has 180 valence electrons. The fourth-order valence-corrected chi connectivity index (χ4v) is 4.25. The van der Waals surface area contributed by atoms with Crippen molar-refractivity contribution < 1.29 is 9.18 Å². The van der Waals surface area contributed by atoms with Crippen LogP contribution in [-0.2, 0) is 0 Å². The molecule has 0 bridgehead atoms. The van der Waals surface area contributed by atoms with E-state index in [0.717, 1.165) is 12.0 Å². The van der Waals surface area contributed by atoms with Crippen LogP contribution in [-0.4, -0.2) is 26.9 Å². The molecule has 0 saturated heterocycles. The van der Waals surface area contributed by atoms with E-state index in [2.05, 4.69) is 13.8 Å². The minimum atomic E-state index is -0.511. The molecule has 4 rings (SSSR count). The number of rotatable bonds is 7. The van der Waals surface area contributed by atoms with E-state index in [-0.39, 0.29) is 11.5 Å². The Bertz CT molecular complexity index is 1410. The number of amides is 1. The van der Waals surface area contributed by atoms with Crippen molar-refractivity contribution in [3.8, 4) is 5.69 Å². The minimum absolute atomic E-state index is 0.107. The van der Waals surface area contributed by atoms with Crippen LogP contribution < -0.4 is 5.56 Å². The highest BCUT2D eigenvalue weighted by Crippen LogP contribution is 2.26. The zero-order valence-corrected chi connectivity index (χ0v) is 20.5. The summed E-state index contributed by atoms with van der Waals surface area (Å²) in [4.78, 5) is 34.1. The lowest BCUT2D eigenvalue weighted by molar-refractivity contribution is 0.0670. The molecule has 1 heterocycles. The lowest BCUT2D eigenvalue weighted by Crippen LogP contribution is -2.38. The van der Waals surface area contributed by atoms with Crippen LogP contribution in [0.5, 0.6) is 0 Å². The molecule has 5 nitrogen and oxygen atoms in total. The number of carbonyl (C=O) groups excluding carboxylic acids is 1. The van der Waals surface area contributed by atoms with Gasteiger partial charge in [-0.2, -0.15) is 0 Å². The molecule has 0 spiro atoms. The van der Waals surface area contributed by atoms with Crippen LogP contribution in [0.2, 0.25) is 0 Å². The Kier molecular flexibility index (Phi) is 7.10. The van der Waals surface area contributed by atoms with Gasteiger partial charge < -0.3 is 4.90 Å². The Hall–Kier alpha value is -3.80. The van der Waals surface area contributed by atoms with Gasteiger partial charge in [-0.25, -0.2) is 9.37 Å². The van der Waals surface area contributed by atoms with Gasteiger partial charge in [-0.15, -0.1) is 0 Å². The van der Waals surface area contributed by atoms with Crippen molar-refractivity contribution >= 4 is 16.8 Å². The summed E-state index contributed by atoms with van der Waals surface area (Å²) in [5.41, 5.74) is 2.32. The van der Waals surface area contributed by atoms with Crippen LogP contribution in [0.1, 0.15) is 55.0 Å². The summed E-state index contributed by atoms with van der Waals surface area (Å²) < 4.78 is 15.2. The molecular formula is C29H30FN3O2. The predicted octanol–water partition coefficient (Wildman–Crippen LogP) is 6.08. The van der Waals surface area contributed by atoms with Gasteiger partial charge in [0, 0.05) is 12.1 Å². The minimum Gasteiger partial charge on any atom is -0.329 e. The largest absolute Gasteiger partial charge is 0.329 e. The third-order valence-electron chi connectivity index (χ3n) is 6.31. The number of benzene rings is 3. The summed E-state index contributed by atoms with van der Waals surface area (Å²) in [5.74, 6) is 0.326. The molecule has 1 atom stereocenters. The van der Waals surface area contributed by atoms with Crippen LogP contribution in [0, 0.1) is 18.7 Å². The van der Waals surface area contributed by atoms with Gasteiger partial charge in [-0.3, -0.25) is 14.2 Å². The van der Waals surface area contributed by atoms with Gasteiger partial charge in [-0.05, 0) is 74.2 Å². The molecule has 0 saturated carbocycles. The molecular weight excluding hydrogens is 441 g/mol. The Labute approximate surface area is 204 Å². The first kappa shape index (κ1) is 24.3. The summed E-state index contributed by atoms with van der Waals surface area (Å²) in [7, 11) is 0. The highest BCUT2D eigenvalue weighted by atomic mass is 19.1. The van der Waals surface area contributed by atoms with E-state index in [1.807, 2.05) is 44.2 Å². The normalized spacial score (nSPS) is 12.2. The van der Waals surface area contributed by atoms with E-state index in [9.17, 15) is 14.0 Å². The molecule has 1 unspecified atom stereocenters. The number of para-hydroxylation sites is 1. The number of halogens is 1. The van der Waals surface area contributed by atoms with Crippen molar-refractivity contribution in [3.05, 3.63) is 106 Å². The van der Waals surface area contributed by atoms with Crippen molar-refractivity contribution in [2.45, 2.75) is 40.2 Å². The van der Waals surface area contributed by atoms with Gasteiger partial charge in [0.25, 0.3) is 11.5 Å². The molecule has 0 aliphatic carbocycles. The fourth-order valence-electron chi connectivity index (χ4n) is 4.25. The summed E-state index contributed by atoms with van der Waals surface area (Å²) >= 11 is 0. The smallest absolute Gasteiger partial charge is 0.266 e. The Morgan fingerprint density at radius 2 is 1.63 bits per heavy atom. The first-order valence-corrected chi connectivity index (χ1v) is 11.9. The summed E-state index contributed by atoms with van der Waals surface area (Å²) in [6.07, 6.45) is 0.802. The molecule has 35 heavy (non-hydrogen) atoms. The van der Waals surface area contributed by atoms with Gasteiger partial charge in [0.2, 0.25) is 0 Å². The second kappa shape index (κ2) is 10.2. The third-order valence-corrected chi connectivity index (χ3v) is 6.31. The highest BCUT2D eigenvalue weighted by molar-refractivity contribution is 5.96.